The second kappa shape index (κ2) is 10.6. The summed E-state index contributed by atoms with van der Waals surface area (Å²) in [4.78, 5) is 38.0. The molecule has 8 heteroatoms. The number of hydrogen-bond donors (Lipinski definition) is 2. The first kappa shape index (κ1) is 23.2. The molecule has 0 atom stereocenters. The van der Waals surface area contributed by atoms with Crippen molar-refractivity contribution in [1.29, 1.82) is 0 Å². The maximum atomic E-state index is 12.6. The van der Waals surface area contributed by atoms with Crippen molar-refractivity contribution in [3.63, 3.8) is 0 Å². The summed E-state index contributed by atoms with van der Waals surface area (Å²) < 4.78 is 6.02. The van der Waals surface area contributed by atoms with Crippen LogP contribution in [-0.2, 0) is 9.53 Å². The number of carbonyl (C=O) groups is 3. The molecule has 1 aliphatic heterocycles. The Kier molecular flexibility index (Phi) is 8.49. The Morgan fingerprint density at radius 1 is 1.17 bits per heavy atom. The number of nitrogens with one attached hydrogen (secondary N) is 2. The van der Waals surface area contributed by atoms with Crippen LogP contribution in [0.25, 0.3) is 0 Å². The van der Waals surface area contributed by atoms with Gasteiger partial charge >= 0.3 is 6.09 Å². The van der Waals surface area contributed by atoms with E-state index < -0.39 is 11.7 Å². The van der Waals surface area contributed by atoms with E-state index >= 15 is 0 Å². The molecule has 0 saturated carbocycles. The summed E-state index contributed by atoms with van der Waals surface area (Å²) in [5.41, 5.74) is 0.128. The molecule has 0 aliphatic carbocycles. The van der Waals surface area contributed by atoms with Crippen LogP contribution in [-0.4, -0.2) is 54.6 Å². The first-order valence-corrected chi connectivity index (χ1v) is 10.7. The molecule has 0 spiro atoms. The molecule has 1 saturated heterocycles. The maximum absolute atomic E-state index is 12.6. The van der Waals surface area contributed by atoms with Crippen molar-refractivity contribution in [2.24, 2.45) is 5.92 Å². The van der Waals surface area contributed by atoms with Crippen LogP contribution in [0.3, 0.4) is 0 Å². The molecule has 1 aromatic carbocycles. The third kappa shape index (κ3) is 8.43. The SMILES string of the molecule is CC(C)(C)OC(=O)NCCC(=O)NCC1CCN(C(=O)c2cccc(Br)c2)CC1. The van der Waals surface area contributed by atoms with Crippen LogP contribution in [0.2, 0.25) is 0 Å². The van der Waals surface area contributed by atoms with E-state index in [1.807, 2.05) is 29.2 Å². The number of hydrogen-bond acceptors (Lipinski definition) is 4. The van der Waals surface area contributed by atoms with E-state index in [1.54, 1.807) is 20.8 Å². The number of nitrogens with zero attached hydrogens (tertiary/aromatic N) is 1. The molecule has 0 unspecified atom stereocenters. The van der Waals surface area contributed by atoms with Crippen LogP contribution in [0.1, 0.15) is 50.4 Å². The minimum atomic E-state index is -0.556. The van der Waals surface area contributed by atoms with Crippen LogP contribution in [0.4, 0.5) is 4.79 Å². The third-order valence-electron chi connectivity index (χ3n) is 4.58. The van der Waals surface area contributed by atoms with Crippen LogP contribution in [0.5, 0.6) is 0 Å². The highest BCUT2D eigenvalue weighted by atomic mass is 79.9. The summed E-state index contributed by atoms with van der Waals surface area (Å²) in [7, 11) is 0. The summed E-state index contributed by atoms with van der Waals surface area (Å²) in [5, 5.41) is 5.49. The molecular weight excluding hydrogens is 438 g/mol. The van der Waals surface area contributed by atoms with Gasteiger partial charge in [0.25, 0.3) is 5.91 Å². The van der Waals surface area contributed by atoms with Gasteiger partial charge in [0.1, 0.15) is 5.60 Å². The molecule has 1 heterocycles. The number of halogens is 1. The van der Waals surface area contributed by atoms with Crippen molar-refractivity contribution in [3.05, 3.63) is 34.3 Å². The lowest BCUT2D eigenvalue weighted by molar-refractivity contribution is -0.121. The lowest BCUT2D eigenvalue weighted by Gasteiger charge is -2.32. The van der Waals surface area contributed by atoms with Gasteiger partial charge in [0.15, 0.2) is 0 Å². The first-order valence-electron chi connectivity index (χ1n) is 9.92. The Morgan fingerprint density at radius 2 is 1.86 bits per heavy atom. The van der Waals surface area contributed by atoms with Crippen LogP contribution < -0.4 is 10.6 Å². The van der Waals surface area contributed by atoms with Gasteiger partial charge < -0.3 is 20.3 Å². The summed E-state index contributed by atoms with van der Waals surface area (Å²) >= 11 is 3.40. The monoisotopic (exact) mass is 467 g/mol. The standard InChI is InChI=1S/C21H30BrN3O4/c1-21(2,3)29-20(28)23-10-7-18(26)24-14-15-8-11-25(12-9-15)19(27)16-5-4-6-17(22)13-16/h4-6,13,15H,7-12,14H2,1-3H3,(H,23,28)(H,24,26). The topological polar surface area (TPSA) is 87.7 Å². The fraction of sp³-hybridized carbons (Fsp3) is 0.571. The van der Waals surface area contributed by atoms with Crippen molar-refractivity contribution in [2.75, 3.05) is 26.2 Å². The number of piperidine rings is 1. The molecule has 29 heavy (non-hydrogen) atoms. The molecule has 1 aliphatic rings. The van der Waals surface area contributed by atoms with E-state index in [4.69, 9.17) is 4.74 Å². The fourth-order valence-electron chi connectivity index (χ4n) is 3.08. The average molecular weight is 468 g/mol. The van der Waals surface area contributed by atoms with Gasteiger partial charge in [0.2, 0.25) is 5.91 Å². The highest BCUT2D eigenvalue weighted by Gasteiger charge is 2.24. The largest absolute Gasteiger partial charge is 0.444 e. The highest BCUT2D eigenvalue weighted by molar-refractivity contribution is 9.10. The van der Waals surface area contributed by atoms with E-state index in [1.165, 1.54) is 0 Å². The van der Waals surface area contributed by atoms with Crippen molar-refractivity contribution < 1.29 is 19.1 Å². The highest BCUT2D eigenvalue weighted by Crippen LogP contribution is 2.20. The fourth-order valence-corrected chi connectivity index (χ4v) is 3.48. The van der Waals surface area contributed by atoms with Gasteiger partial charge in [0.05, 0.1) is 0 Å². The molecule has 1 fully saturated rings. The molecule has 0 radical (unpaired) electrons. The van der Waals surface area contributed by atoms with Crippen molar-refractivity contribution in [3.8, 4) is 0 Å². The third-order valence-corrected chi connectivity index (χ3v) is 5.07. The lowest BCUT2D eigenvalue weighted by Crippen LogP contribution is -2.42. The number of carbonyl (C=O) groups excluding carboxylic acids is 3. The molecule has 0 bridgehead atoms. The lowest BCUT2D eigenvalue weighted by atomic mass is 9.96. The Morgan fingerprint density at radius 3 is 2.48 bits per heavy atom. The molecule has 1 aromatic rings. The van der Waals surface area contributed by atoms with Crippen LogP contribution in [0.15, 0.2) is 28.7 Å². The molecule has 3 amide bonds. The summed E-state index contributed by atoms with van der Waals surface area (Å²) in [6, 6.07) is 7.41. The zero-order valence-corrected chi connectivity index (χ0v) is 18.9. The molecule has 2 N–H and O–H groups in total. The molecule has 7 nitrogen and oxygen atoms in total. The second-order valence-electron chi connectivity index (χ2n) is 8.23. The van der Waals surface area contributed by atoms with E-state index in [0.29, 0.717) is 31.1 Å². The molecule has 0 aromatic heterocycles. The van der Waals surface area contributed by atoms with Crippen molar-refractivity contribution >= 4 is 33.8 Å². The molecule has 160 valence electrons. The molecular formula is C21H30BrN3O4. The predicted molar refractivity (Wildman–Crippen MR) is 115 cm³/mol. The van der Waals surface area contributed by atoms with Gasteiger partial charge in [-0.15, -0.1) is 0 Å². The smallest absolute Gasteiger partial charge is 0.407 e. The van der Waals surface area contributed by atoms with Crippen molar-refractivity contribution in [1.82, 2.24) is 15.5 Å². The Labute approximate surface area is 180 Å². The zero-order chi connectivity index (χ0) is 21.4. The number of benzene rings is 1. The van der Waals surface area contributed by atoms with Crippen LogP contribution in [0, 0.1) is 5.92 Å². The second-order valence-corrected chi connectivity index (χ2v) is 9.14. The normalized spacial score (nSPS) is 15.0. The van der Waals surface area contributed by atoms with Gasteiger partial charge in [-0.3, -0.25) is 9.59 Å². The number of likely N-dealkylation sites (tertiary alicyclic amines) is 1. The van der Waals surface area contributed by atoms with Gasteiger partial charge in [-0.1, -0.05) is 22.0 Å². The average Bonchev–Trinajstić information content (AvgIpc) is 2.65. The minimum Gasteiger partial charge on any atom is -0.444 e. The van der Waals surface area contributed by atoms with E-state index in [0.717, 1.165) is 17.3 Å². The van der Waals surface area contributed by atoms with Gasteiger partial charge in [0, 0.05) is 42.6 Å². The Balaban J connectivity index is 1.63. The van der Waals surface area contributed by atoms with E-state index in [-0.39, 0.29) is 24.8 Å². The Bertz CT molecular complexity index is 725. The predicted octanol–water partition coefficient (Wildman–Crippen LogP) is 3.33. The number of ether oxygens (including phenoxy) is 1. The van der Waals surface area contributed by atoms with E-state index in [2.05, 4.69) is 26.6 Å². The van der Waals surface area contributed by atoms with E-state index in [9.17, 15) is 14.4 Å². The van der Waals surface area contributed by atoms with Crippen LogP contribution >= 0.6 is 15.9 Å². The first-order chi connectivity index (χ1) is 13.6. The van der Waals surface area contributed by atoms with Gasteiger partial charge in [-0.05, 0) is 57.7 Å². The number of amides is 3. The quantitative estimate of drug-likeness (QED) is 0.671. The molecule has 2 rings (SSSR count). The Hall–Kier alpha value is -2.09. The summed E-state index contributed by atoms with van der Waals surface area (Å²) in [5.74, 6) is 0.292. The zero-order valence-electron chi connectivity index (χ0n) is 17.3. The number of rotatable bonds is 6. The summed E-state index contributed by atoms with van der Waals surface area (Å²) in [6.45, 7) is 7.56. The van der Waals surface area contributed by atoms with Gasteiger partial charge in [-0.2, -0.15) is 0 Å². The number of alkyl carbamates (subject to hydrolysis) is 1. The van der Waals surface area contributed by atoms with Gasteiger partial charge in [-0.25, -0.2) is 4.79 Å². The maximum Gasteiger partial charge on any atom is 0.407 e. The summed E-state index contributed by atoms with van der Waals surface area (Å²) in [6.07, 6.45) is 1.40. The van der Waals surface area contributed by atoms with Crippen molar-refractivity contribution in [2.45, 2.75) is 45.6 Å². The minimum absolute atomic E-state index is 0.0435.